The molecule has 0 heterocycles. The van der Waals surface area contributed by atoms with E-state index in [-0.39, 0.29) is 12.8 Å². The first kappa shape index (κ1) is 22.1. The summed E-state index contributed by atoms with van der Waals surface area (Å²) in [7, 11) is -6.33. The van der Waals surface area contributed by atoms with Gasteiger partial charge < -0.3 is 0 Å². The van der Waals surface area contributed by atoms with E-state index >= 15 is 0 Å². The lowest BCUT2D eigenvalue weighted by molar-refractivity contribution is -0.0946. The van der Waals surface area contributed by atoms with Gasteiger partial charge in [-0.1, -0.05) is 23.5 Å². The molecule has 0 atom stereocenters. The molecule has 0 aromatic heterocycles. The molecule has 0 saturated heterocycles. The third-order valence-corrected chi connectivity index (χ3v) is 5.23. The normalized spacial score (nSPS) is 14.6. The zero-order valence-corrected chi connectivity index (χ0v) is 12.9. The lowest BCUT2D eigenvalue weighted by atomic mass is 10.4. The van der Waals surface area contributed by atoms with Crippen LogP contribution in [-0.4, -0.2) is 46.7 Å². The van der Waals surface area contributed by atoms with E-state index in [0.717, 1.165) is 0 Å². The van der Waals surface area contributed by atoms with Gasteiger partial charge in [0.15, 0.2) is 0 Å². The van der Waals surface area contributed by atoms with Crippen LogP contribution in [0, 0.1) is 0 Å². The summed E-state index contributed by atoms with van der Waals surface area (Å²) in [6.07, 6.45) is -4.48. The van der Waals surface area contributed by atoms with Gasteiger partial charge in [0, 0.05) is 0 Å². The Morgan fingerprint density at radius 2 is 1.32 bits per heavy atom. The Morgan fingerprint density at radius 1 is 0.909 bits per heavy atom. The van der Waals surface area contributed by atoms with Crippen molar-refractivity contribution < 1.29 is 48.1 Å². The molecule has 0 amide bonds. The predicted molar refractivity (Wildman–Crippen MR) is 66.5 cm³/mol. The molecule has 134 valence electrons. The summed E-state index contributed by atoms with van der Waals surface area (Å²) in [5.41, 5.74) is 0. The maximum absolute atomic E-state index is 13.0. The number of alkyl halides is 8. The van der Waals surface area contributed by atoms with Crippen molar-refractivity contribution in [1.29, 1.82) is 0 Å². The molecule has 0 unspecified atom stereocenters. The highest BCUT2D eigenvalue weighted by Gasteiger charge is 2.66. The Hall–Kier alpha value is 0.0500. The smallest absolute Gasteiger partial charge is 0.281 e. The van der Waals surface area contributed by atoms with Gasteiger partial charge in [-0.05, 0) is 24.3 Å². The van der Waals surface area contributed by atoms with Crippen LogP contribution in [0.2, 0.25) is 0 Å². The first-order chi connectivity index (χ1) is 9.65. The van der Waals surface area contributed by atoms with Crippen molar-refractivity contribution >= 4 is 33.6 Å². The SMILES string of the molecule is O=S(=O)(O)C(F)(F)C(F)(F)SCCCCSC(F)(F)C(F)F. The van der Waals surface area contributed by atoms with Crippen LogP contribution in [-0.2, 0) is 10.1 Å². The lowest BCUT2D eigenvalue weighted by Crippen LogP contribution is -2.44. The minimum Gasteiger partial charge on any atom is -0.281 e. The standard InChI is InChI=1S/C8H10F8O3S3/c9-5(10)6(11,12)20-3-1-2-4-21-7(13,14)8(15,16)22(17,18)19/h5H,1-4H2,(H,17,18,19). The summed E-state index contributed by atoms with van der Waals surface area (Å²) in [6.45, 7) is 0. The maximum Gasteiger partial charge on any atom is 0.441 e. The second-order valence-electron chi connectivity index (χ2n) is 3.78. The first-order valence-electron chi connectivity index (χ1n) is 5.31. The number of thioether (sulfide) groups is 2. The van der Waals surface area contributed by atoms with Gasteiger partial charge in [-0.3, -0.25) is 4.55 Å². The number of unbranched alkanes of at least 4 members (excludes halogenated alkanes) is 1. The summed E-state index contributed by atoms with van der Waals surface area (Å²) in [5, 5.41) is -15.1. The third kappa shape index (κ3) is 5.92. The quantitative estimate of drug-likeness (QED) is 0.338. The first-order valence-corrected chi connectivity index (χ1v) is 8.73. The van der Waals surface area contributed by atoms with Gasteiger partial charge in [-0.15, -0.1) is 0 Å². The van der Waals surface area contributed by atoms with Crippen LogP contribution < -0.4 is 0 Å². The molecule has 22 heavy (non-hydrogen) atoms. The minimum atomic E-state index is -6.33. The molecule has 3 nitrogen and oxygen atoms in total. The Kier molecular flexibility index (Phi) is 7.76. The lowest BCUT2D eigenvalue weighted by Gasteiger charge is -2.22. The van der Waals surface area contributed by atoms with E-state index < -0.39 is 67.3 Å². The average molecular weight is 402 g/mol. The largest absolute Gasteiger partial charge is 0.441 e. The number of hydrogen-bond acceptors (Lipinski definition) is 4. The van der Waals surface area contributed by atoms with Crippen molar-refractivity contribution in [2.75, 3.05) is 11.5 Å². The minimum absolute atomic E-state index is 0.256. The van der Waals surface area contributed by atoms with E-state index in [9.17, 15) is 43.5 Å². The van der Waals surface area contributed by atoms with Gasteiger partial charge in [0.25, 0.3) is 0 Å². The molecule has 0 aromatic carbocycles. The fourth-order valence-corrected chi connectivity index (χ4v) is 3.22. The van der Waals surface area contributed by atoms with Crippen molar-refractivity contribution in [1.82, 2.24) is 0 Å². The van der Waals surface area contributed by atoms with E-state index in [4.69, 9.17) is 4.55 Å². The van der Waals surface area contributed by atoms with Gasteiger partial charge in [0.05, 0.1) is 0 Å². The highest BCUT2D eigenvalue weighted by atomic mass is 32.2. The van der Waals surface area contributed by atoms with Crippen LogP contribution >= 0.6 is 23.5 Å². The fraction of sp³-hybridized carbons (Fsp3) is 1.00. The number of halogens is 8. The second-order valence-corrected chi connectivity index (χ2v) is 7.69. The molecular weight excluding hydrogens is 392 g/mol. The van der Waals surface area contributed by atoms with Gasteiger partial charge in [-0.2, -0.15) is 34.8 Å². The molecule has 0 spiro atoms. The maximum atomic E-state index is 13.0. The van der Waals surface area contributed by atoms with Crippen LogP contribution in [0.25, 0.3) is 0 Å². The zero-order valence-electron chi connectivity index (χ0n) is 10.4. The second kappa shape index (κ2) is 7.75. The predicted octanol–water partition coefficient (Wildman–Crippen LogP) is 4.16. The Balaban J connectivity index is 4.22. The average Bonchev–Trinajstić information content (AvgIpc) is 2.31. The molecule has 0 fully saturated rings. The van der Waals surface area contributed by atoms with E-state index in [1.807, 2.05) is 0 Å². The van der Waals surface area contributed by atoms with Gasteiger partial charge in [0.2, 0.25) is 0 Å². The molecule has 0 aliphatic carbocycles. The summed E-state index contributed by atoms with van der Waals surface area (Å²) in [5.74, 6) is -1.28. The van der Waals surface area contributed by atoms with Crippen molar-refractivity contribution in [3.05, 3.63) is 0 Å². The van der Waals surface area contributed by atoms with Crippen molar-refractivity contribution in [2.24, 2.45) is 0 Å². The zero-order chi connectivity index (χ0) is 17.8. The summed E-state index contributed by atoms with van der Waals surface area (Å²) < 4.78 is 128. The van der Waals surface area contributed by atoms with Crippen molar-refractivity contribution in [3.63, 3.8) is 0 Å². The molecular formula is C8H10F8O3S3. The monoisotopic (exact) mass is 402 g/mol. The summed E-state index contributed by atoms with van der Waals surface area (Å²) in [4.78, 5) is 0. The van der Waals surface area contributed by atoms with E-state index in [0.29, 0.717) is 0 Å². The third-order valence-electron chi connectivity index (χ3n) is 2.03. The van der Waals surface area contributed by atoms with E-state index in [1.54, 1.807) is 0 Å². The van der Waals surface area contributed by atoms with Crippen molar-refractivity contribution in [2.45, 2.75) is 35.0 Å². The Morgan fingerprint density at radius 3 is 1.68 bits per heavy atom. The Labute approximate surface area is 128 Å². The molecule has 0 saturated carbocycles. The summed E-state index contributed by atoms with van der Waals surface area (Å²) in [6, 6.07) is 0. The highest BCUT2D eigenvalue weighted by Crippen LogP contribution is 2.46. The van der Waals surface area contributed by atoms with Gasteiger partial charge >= 0.3 is 32.3 Å². The van der Waals surface area contributed by atoms with Crippen LogP contribution in [0.5, 0.6) is 0 Å². The van der Waals surface area contributed by atoms with Crippen molar-refractivity contribution in [3.8, 4) is 0 Å². The van der Waals surface area contributed by atoms with Crippen LogP contribution in [0.15, 0.2) is 0 Å². The Bertz CT molecular complexity index is 454. The number of rotatable bonds is 10. The number of hydrogen-bond donors (Lipinski definition) is 1. The molecule has 0 aromatic rings. The van der Waals surface area contributed by atoms with Crippen LogP contribution in [0.4, 0.5) is 35.1 Å². The molecule has 0 aliphatic rings. The molecule has 1 N–H and O–H groups in total. The molecule has 14 heteroatoms. The van der Waals surface area contributed by atoms with Crippen LogP contribution in [0.1, 0.15) is 12.8 Å². The van der Waals surface area contributed by atoms with E-state index in [1.165, 1.54) is 0 Å². The molecule has 0 radical (unpaired) electrons. The van der Waals surface area contributed by atoms with Gasteiger partial charge in [-0.25, -0.2) is 8.78 Å². The van der Waals surface area contributed by atoms with E-state index in [2.05, 4.69) is 0 Å². The fourth-order valence-electron chi connectivity index (χ4n) is 0.910. The molecule has 0 bridgehead atoms. The van der Waals surface area contributed by atoms with Gasteiger partial charge in [0.1, 0.15) is 0 Å². The summed E-state index contributed by atoms with van der Waals surface area (Å²) >= 11 is -1.20. The molecule has 0 aliphatic heterocycles. The topological polar surface area (TPSA) is 54.4 Å². The van der Waals surface area contributed by atoms with Crippen LogP contribution in [0.3, 0.4) is 0 Å². The molecule has 0 rings (SSSR count). The highest BCUT2D eigenvalue weighted by molar-refractivity contribution is 8.01.